The number of halogens is 2. The molecule has 0 amide bonds. The van der Waals surface area contributed by atoms with Crippen LogP contribution in [0.15, 0.2) is 30.5 Å². The molecule has 22 heavy (non-hydrogen) atoms. The molecule has 2 aromatic heterocycles. The molecule has 1 saturated heterocycles. The summed E-state index contributed by atoms with van der Waals surface area (Å²) < 4.78 is 35.2. The van der Waals surface area contributed by atoms with Gasteiger partial charge in [-0.25, -0.2) is 9.97 Å². The lowest BCUT2D eigenvalue weighted by Crippen LogP contribution is -2.22. The Bertz CT molecular complexity index is 726. The van der Waals surface area contributed by atoms with E-state index in [1.54, 1.807) is 18.2 Å². The molecule has 2 aromatic rings. The fraction of sp³-hybridized carbons (Fsp3) is 0.375. The molecule has 0 bridgehead atoms. The van der Waals surface area contributed by atoms with Crippen LogP contribution in [0.3, 0.4) is 0 Å². The summed E-state index contributed by atoms with van der Waals surface area (Å²) >= 11 is 6.06. The number of rotatable bonds is 4. The topological polar surface area (TPSA) is 47.0 Å². The van der Waals surface area contributed by atoms with Crippen LogP contribution in [0, 0.1) is 11.9 Å². The fourth-order valence-corrected chi connectivity index (χ4v) is 2.48. The van der Waals surface area contributed by atoms with Crippen molar-refractivity contribution in [2.45, 2.75) is 12.8 Å². The van der Waals surface area contributed by atoms with Gasteiger partial charge in [0, 0.05) is 40.3 Å². The van der Waals surface area contributed by atoms with Crippen LogP contribution in [0.25, 0.3) is 11.3 Å². The lowest BCUT2D eigenvalue weighted by molar-refractivity contribution is 0.0699. The highest BCUT2D eigenvalue weighted by Gasteiger charge is 2.14. The van der Waals surface area contributed by atoms with Gasteiger partial charge in [-0.15, -0.1) is 0 Å². The maximum atomic E-state index is 13.4. The minimum atomic E-state index is -1.61. The lowest BCUT2D eigenvalue weighted by Gasteiger charge is -2.22. The minimum absolute atomic E-state index is 0.154. The van der Waals surface area contributed by atoms with Crippen LogP contribution in [-0.4, -0.2) is 29.7 Å². The molecule has 1 N–H and O–H groups in total. The molecule has 0 saturated carbocycles. The number of hydrogen-bond acceptors (Lipinski definition) is 4. The van der Waals surface area contributed by atoms with Gasteiger partial charge in [-0.1, -0.05) is 17.7 Å². The van der Waals surface area contributed by atoms with Crippen LogP contribution in [-0.2, 0) is 4.74 Å². The van der Waals surface area contributed by atoms with E-state index in [4.69, 9.17) is 19.1 Å². The number of nitrogens with zero attached hydrogens (tertiary/aromatic N) is 2. The molecule has 0 radical (unpaired) electrons. The van der Waals surface area contributed by atoms with Gasteiger partial charge < -0.3 is 10.1 Å². The van der Waals surface area contributed by atoms with Crippen molar-refractivity contribution in [1.82, 2.24) is 9.97 Å². The molecule has 0 spiro atoms. The summed E-state index contributed by atoms with van der Waals surface area (Å²) in [4.78, 5) is 7.86. The van der Waals surface area contributed by atoms with Gasteiger partial charge in [0.1, 0.15) is 5.82 Å². The van der Waals surface area contributed by atoms with Gasteiger partial charge in [0.05, 0.1) is 10.7 Å². The Balaban J connectivity index is 1.84. The molecule has 0 aromatic carbocycles. The Morgan fingerprint density at radius 3 is 3.05 bits per heavy atom. The highest BCUT2D eigenvalue weighted by Crippen LogP contribution is 2.27. The van der Waals surface area contributed by atoms with E-state index in [1.807, 2.05) is 0 Å². The van der Waals surface area contributed by atoms with E-state index in [0.29, 0.717) is 43.1 Å². The third kappa shape index (κ3) is 3.72. The van der Waals surface area contributed by atoms with Crippen molar-refractivity contribution in [3.63, 3.8) is 0 Å². The van der Waals surface area contributed by atoms with Gasteiger partial charge in [-0.3, -0.25) is 0 Å². The van der Waals surface area contributed by atoms with E-state index in [0.717, 1.165) is 0 Å². The average molecular weight is 324 g/mol. The summed E-state index contributed by atoms with van der Waals surface area (Å²) in [5.41, 5.74) is 0.869. The highest BCUT2D eigenvalue weighted by molar-refractivity contribution is 6.33. The van der Waals surface area contributed by atoms with Gasteiger partial charge >= 0.3 is 0 Å². The van der Waals surface area contributed by atoms with Crippen molar-refractivity contribution in [3.8, 4) is 11.3 Å². The monoisotopic (exact) mass is 323 g/mol. The Labute approximate surface area is 136 Å². The van der Waals surface area contributed by atoms with Crippen LogP contribution >= 0.6 is 11.6 Å². The van der Waals surface area contributed by atoms with E-state index in [1.165, 1.54) is 12.3 Å². The van der Waals surface area contributed by atoms with E-state index >= 15 is 0 Å². The smallest absolute Gasteiger partial charge is 0.213 e. The van der Waals surface area contributed by atoms with E-state index in [-0.39, 0.29) is 10.9 Å². The zero-order valence-electron chi connectivity index (χ0n) is 13.9. The van der Waals surface area contributed by atoms with Crippen LogP contribution < -0.4 is 5.32 Å². The SMILES string of the molecule is [2H]C([2H])(Nc1cccc(-c2cc(F)ncc2Cl)n1)C1CCOCC1. The predicted octanol–water partition coefficient (Wildman–Crippen LogP) is 3.77. The zero-order valence-corrected chi connectivity index (χ0v) is 12.6. The predicted molar refractivity (Wildman–Crippen MR) is 84.5 cm³/mol. The van der Waals surface area contributed by atoms with Crippen LogP contribution in [0.2, 0.25) is 5.02 Å². The number of anilines is 1. The first-order valence-electron chi connectivity index (χ1n) is 8.10. The van der Waals surface area contributed by atoms with Crippen LogP contribution in [0.5, 0.6) is 0 Å². The first kappa shape index (κ1) is 12.8. The molecule has 1 aliphatic rings. The molecule has 0 atom stereocenters. The molecule has 0 aliphatic carbocycles. The third-order valence-corrected chi connectivity index (χ3v) is 3.77. The van der Waals surface area contributed by atoms with Crippen LogP contribution in [0.4, 0.5) is 10.2 Å². The first-order valence-corrected chi connectivity index (χ1v) is 7.48. The Morgan fingerprint density at radius 1 is 1.41 bits per heavy atom. The second-order valence-electron chi connectivity index (χ2n) is 5.05. The summed E-state index contributed by atoms with van der Waals surface area (Å²) in [5.74, 6) is -0.428. The Hall–Kier alpha value is -1.72. The Morgan fingerprint density at radius 2 is 2.23 bits per heavy atom. The van der Waals surface area contributed by atoms with Gasteiger partial charge in [0.25, 0.3) is 0 Å². The van der Waals surface area contributed by atoms with Crippen LogP contribution in [0.1, 0.15) is 15.6 Å². The highest BCUT2D eigenvalue weighted by atomic mass is 35.5. The van der Waals surface area contributed by atoms with Gasteiger partial charge in [-0.2, -0.15) is 4.39 Å². The molecule has 4 nitrogen and oxygen atoms in total. The molecule has 0 unspecified atom stereocenters. The maximum absolute atomic E-state index is 13.4. The largest absolute Gasteiger partial charge is 0.381 e. The molecule has 3 heterocycles. The molecular weight excluding hydrogens is 305 g/mol. The third-order valence-electron chi connectivity index (χ3n) is 3.47. The van der Waals surface area contributed by atoms with Gasteiger partial charge in [0.15, 0.2) is 0 Å². The summed E-state index contributed by atoms with van der Waals surface area (Å²) in [6.07, 6.45) is 2.54. The summed E-state index contributed by atoms with van der Waals surface area (Å²) in [6.45, 7) is -0.487. The van der Waals surface area contributed by atoms with E-state index < -0.39 is 12.4 Å². The van der Waals surface area contributed by atoms with E-state index in [9.17, 15) is 4.39 Å². The number of ether oxygens (including phenoxy) is 1. The second kappa shape index (κ2) is 7.03. The van der Waals surface area contributed by atoms with Crippen molar-refractivity contribution in [2.24, 2.45) is 5.92 Å². The maximum Gasteiger partial charge on any atom is 0.213 e. The van der Waals surface area contributed by atoms with E-state index in [2.05, 4.69) is 15.3 Å². The molecular formula is C16H17ClFN3O. The van der Waals surface area contributed by atoms with Crippen molar-refractivity contribution in [3.05, 3.63) is 41.4 Å². The van der Waals surface area contributed by atoms with Crippen molar-refractivity contribution in [2.75, 3.05) is 25.0 Å². The lowest BCUT2D eigenvalue weighted by atomic mass is 10.0. The molecule has 3 rings (SSSR count). The quantitative estimate of drug-likeness (QED) is 0.870. The van der Waals surface area contributed by atoms with Crippen molar-refractivity contribution in [1.29, 1.82) is 0 Å². The number of pyridine rings is 2. The molecule has 1 aliphatic heterocycles. The normalized spacial score (nSPS) is 17.7. The van der Waals surface area contributed by atoms with Gasteiger partial charge in [0.2, 0.25) is 5.95 Å². The summed E-state index contributed by atoms with van der Waals surface area (Å²) in [5, 5.41) is 3.13. The van der Waals surface area contributed by atoms with Crippen molar-refractivity contribution >= 4 is 17.4 Å². The summed E-state index contributed by atoms with van der Waals surface area (Å²) in [6, 6.07) is 6.29. The first-order chi connectivity index (χ1) is 11.5. The Kier molecular flexibility index (Phi) is 4.08. The average Bonchev–Trinajstić information content (AvgIpc) is 2.58. The second-order valence-corrected chi connectivity index (χ2v) is 5.46. The fourth-order valence-electron chi connectivity index (χ4n) is 2.28. The van der Waals surface area contributed by atoms with Crippen molar-refractivity contribution < 1.29 is 11.9 Å². The zero-order chi connectivity index (χ0) is 17.2. The van der Waals surface area contributed by atoms with Gasteiger partial charge in [-0.05, 0) is 30.9 Å². The molecule has 6 heteroatoms. The minimum Gasteiger partial charge on any atom is -0.381 e. The number of hydrogen-bond donors (Lipinski definition) is 1. The number of aromatic nitrogens is 2. The standard InChI is InChI=1S/C16H17ClFN3O/c17-13-10-19-15(18)8-12(13)14-2-1-3-16(21-14)20-9-11-4-6-22-7-5-11/h1-3,8,10-11H,4-7,9H2,(H,20,21)/i9D2. The number of nitrogens with one attached hydrogen (secondary N) is 1. The summed E-state index contributed by atoms with van der Waals surface area (Å²) in [7, 11) is 0. The molecule has 1 fully saturated rings. The molecule has 116 valence electrons.